The Kier molecular flexibility index (Phi) is 5.87. The molecule has 1 aromatic heterocycles. The van der Waals surface area contributed by atoms with Crippen molar-refractivity contribution in [2.24, 2.45) is 5.92 Å². The topological polar surface area (TPSA) is 83.0 Å². The number of allylic oxidation sites excluding steroid dienone is 1. The maximum Gasteiger partial charge on any atom is 0.228 e. The van der Waals surface area contributed by atoms with Gasteiger partial charge in [0.05, 0.1) is 0 Å². The van der Waals surface area contributed by atoms with Crippen LogP contribution >= 0.6 is 0 Å². The van der Waals surface area contributed by atoms with E-state index in [1.54, 1.807) is 0 Å². The Morgan fingerprint density at radius 1 is 1.22 bits per heavy atom. The highest BCUT2D eigenvalue weighted by Gasteiger charge is 2.25. The number of anilines is 2. The lowest BCUT2D eigenvalue weighted by molar-refractivity contribution is 0.165. The number of aromatic nitrogens is 3. The highest BCUT2D eigenvalue weighted by atomic mass is 19.1. The van der Waals surface area contributed by atoms with Gasteiger partial charge >= 0.3 is 0 Å². The van der Waals surface area contributed by atoms with Crippen LogP contribution in [0.3, 0.4) is 0 Å². The highest BCUT2D eigenvalue weighted by molar-refractivity contribution is 5.65. The first-order valence-corrected chi connectivity index (χ1v) is 8.25. The zero-order chi connectivity index (χ0) is 17.0. The van der Waals surface area contributed by atoms with Crippen molar-refractivity contribution >= 4 is 17.5 Å². The summed E-state index contributed by atoms with van der Waals surface area (Å²) >= 11 is 0. The van der Waals surface area contributed by atoms with Gasteiger partial charge in [0.15, 0.2) is 5.82 Å². The van der Waals surface area contributed by atoms with E-state index in [4.69, 9.17) is 0 Å². The third-order valence-electron chi connectivity index (χ3n) is 4.08. The minimum atomic E-state index is -1.05. The molecule has 0 saturated carbocycles. The summed E-state index contributed by atoms with van der Waals surface area (Å²) in [6.07, 6.45) is 0.634. The van der Waals surface area contributed by atoms with Gasteiger partial charge in [-0.3, -0.25) is 0 Å². The fraction of sp³-hybridized carbons (Fsp3) is 0.688. The molecule has 23 heavy (non-hydrogen) atoms. The number of halogens is 1. The molecule has 0 bridgehead atoms. The highest BCUT2D eigenvalue weighted by Crippen LogP contribution is 2.32. The van der Waals surface area contributed by atoms with Crippen LogP contribution in [-0.4, -0.2) is 38.7 Å². The van der Waals surface area contributed by atoms with Crippen molar-refractivity contribution in [3.05, 3.63) is 11.7 Å². The summed E-state index contributed by atoms with van der Waals surface area (Å²) in [4.78, 5) is 13.0. The zero-order valence-corrected chi connectivity index (χ0v) is 14.2. The standard InChI is InChI=1S/C16H26FN5O/c1-5-18-15-20-14(11-7-6-8-12(23)13(11)17)21-16(22-15)19-10(4)9(2)3/h9-10,12,23H,5-8H2,1-4H3,(H2,18,19,20,21,22)/t10-,12?/m0/s1. The normalized spacial score (nSPS) is 19.9. The van der Waals surface area contributed by atoms with E-state index in [9.17, 15) is 9.50 Å². The Labute approximate surface area is 136 Å². The van der Waals surface area contributed by atoms with E-state index in [2.05, 4.69) is 39.4 Å². The molecule has 0 radical (unpaired) electrons. The third-order valence-corrected chi connectivity index (χ3v) is 4.08. The molecule has 1 aliphatic rings. The number of hydrogen-bond donors (Lipinski definition) is 3. The lowest BCUT2D eigenvalue weighted by atomic mass is 9.96. The quantitative estimate of drug-likeness (QED) is 0.746. The molecular weight excluding hydrogens is 297 g/mol. The number of rotatable bonds is 6. The summed E-state index contributed by atoms with van der Waals surface area (Å²) in [5, 5.41) is 16.0. The predicted molar refractivity (Wildman–Crippen MR) is 89.8 cm³/mol. The molecule has 0 aliphatic heterocycles. The van der Waals surface area contributed by atoms with Crippen molar-refractivity contribution < 1.29 is 9.50 Å². The van der Waals surface area contributed by atoms with Gasteiger partial charge in [-0.25, -0.2) is 4.39 Å². The molecule has 1 unspecified atom stereocenters. The number of nitrogens with zero attached hydrogens (tertiary/aromatic N) is 3. The fourth-order valence-electron chi connectivity index (χ4n) is 2.32. The van der Waals surface area contributed by atoms with E-state index >= 15 is 0 Å². The summed E-state index contributed by atoms with van der Waals surface area (Å²) in [5.41, 5.74) is 0.380. The second kappa shape index (κ2) is 7.68. The van der Waals surface area contributed by atoms with Gasteiger partial charge in [-0.15, -0.1) is 0 Å². The van der Waals surface area contributed by atoms with Crippen molar-refractivity contribution in [2.45, 2.75) is 59.1 Å². The molecule has 128 valence electrons. The second-order valence-corrected chi connectivity index (χ2v) is 6.25. The smallest absolute Gasteiger partial charge is 0.228 e. The van der Waals surface area contributed by atoms with Gasteiger partial charge in [-0.05, 0) is 39.0 Å². The summed E-state index contributed by atoms with van der Waals surface area (Å²) in [7, 11) is 0. The average Bonchev–Trinajstić information content (AvgIpc) is 2.50. The lowest BCUT2D eigenvalue weighted by Crippen LogP contribution is -2.24. The Morgan fingerprint density at radius 2 is 1.91 bits per heavy atom. The van der Waals surface area contributed by atoms with Crippen LogP contribution in [0, 0.1) is 5.92 Å². The van der Waals surface area contributed by atoms with Gasteiger partial charge in [0, 0.05) is 18.2 Å². The van der Waals surface area contributed by atoms with E-state index in [-0.39, 0.29) is 6.04 Å². The van der Waals surface area contributed by atoms with Crippen molar-refractivity contribution in [3.8, 4) is 0 Å². The third kappa shape index (κ3) is 4.37. The van der Waals surface area contributed by atoms with Crippen molar-refractivity contribution in [3.63, 3.8) is 0 Å². The molecule has 0 fully saturated rings. The van der Waals surface area contributed by atoms with Crippen LogP contribution in [0.15, 0.2) is 5.83 Å². The first-order valence-electron chi connectivity index (χ1n) is 8.25. The van der Waals surface area contributed by atoms with Gasteiger partial charge in [-0.2, -0.15) is 15.0 Å². The van der Waals surface area contributed by atoms with Crippen LogP contribution in [0.5, 0.6) is 0 Å². The molecule has 0 amide bonds. The molecular formula is C16H26FN5O. The van der Waals surface area contributed by atoms with Crippen LogP contribution in [0.1, 0.15) is 52.8 Å². The van der Waals surface area contributed by atoms with Gasteiger partial charge in [0.1, 0.15) is 11.9 Å². The van der Waals surface area contributed by atoms with Crippen LogP contribution in [-0.2, 0) is 0 Å². The number of aliphatic hydroxyl groups excluding tert-OH is 1. The van der Waals surface area contributed by atoms with E-state index in [1.807, 2.05) is 13.8 Å². The summed E-state index contributed by atoms with van der Waals surface area (Å²) in [6.45, 7) is 8.85. The number of hydrogen-bond acceptors (Lipinski definition) is 6. The fourth-order valence-corrected chi connectivity index (χ4v) is 2.32. The average molecular weight is 323 g/mol. The Hall–Kier alpha value is -1.76. The van der Waals surface area contributed by atoms with Gasteiger partial charge in [0.2, 0.25) is 11.9 Å². The molecule has 7 heteroatoms. The number of nitrogens with one attached hydrogen (secondary N) is 2. The molecule has 2 rings (SSSR count). The minimum Gasteiger partial charge on any atom is -0.386 e. The maximum absolute atomic E-state index is 14.3. The SMILES string of the molecule is CCNc1nc(N[C@@H](C)C(C)C)nc(C2=C(F)C(O)CCC2)n1. The lowest BCUT2D eigenvalue weighted by Gasteiger charge is -2.21. The van der Waals surface area contributed by atoms with Gasteiger partial charge in [-0.1, -0.05) is 13.8 Å². The number of aliphatic hydroxyl groups is 1. The summed E-state index contributed by atoms with van der Waals surface area (Å²) < 4.78 is 14.3. The van der Waals surface area contributed by atoms with E-state index in [0.717, 1.165) is 6.42 Å². The van der Waals surface area contributed by atoms with E-state index < -0.39 is 11.9 Å². The van der Waals surface area contributed by atoms with Gasteiger partial charge in [0.25, 0.3) is 0 Å². The molecule has 0 saturated heterocycles. The van der Waals surface area contributed by atoms with Crippen molar-refractivity contribution in [1.82, 2.24) is 15.0 Å². The molecule has 0 spiro atoms. The van der Waals surface area contributed by atoms with Crippen LogP contribution in [0.4, 0.5) is 16.3 Å². The molecule has 1 aromatic rings. The molecule has 0 aromatic carbocycles. The maximum atomic E-state index is 14.3. The zero-order valence-electron chi connectivity index (χ0n) is 14.2. The first kappa shape index (κ1) is 17.6. The second-order valence-electron chi connectivity index (χ2n) is 6.25. The van der Waals surface area contributed by atoms with Crippen LogP contribution in [0.2, 0.25) is 0 Å². The minimum absolute atomic E-state index is 0.176. The van der Waals surface area contributed by atoms with E-state index in [0.29, 0.717) is 48.6 Å². The van der Waals surface area contributed by atoms with Crippen molar-refractivity contribution in [1.29, 1.82) is 0 Å². The predicted octanol–water partition coefficient (Wildman–Crippen LogP) is 2.99. The summed E-state index contributed by atoms with van der Waals surface area (Å²) in [5.74, 6) is 1.02. The molecule has 6 nitrogen and oxygen atoms in total. The molecule has 1 aliphatic carbocycles. The molecule has 2 atom stereocenters. The van der Waals surface area contributed by atoms with Crippen molar-refractivity contribution in [2.75, 3.05) is 17.2 Å². The molecule has 3 N–H and O–H groups in total. The Balaban J connectivity index is 2.38. The van der Waals surface area contributed by atoms with Crippen LogP contribution < -0.4 is 10.6 Å². The largest absolute Gasteiger partial charge is 0.386 e. The summed E-state index contributed by atoms with van der Waals surface area (Å²) in [6, 6.07) is 0.176. The Bertz CT molecular complexity index is 576. The van der Waals surface area contributed by atoms with Crippen LogP contribution in [0.25, 0.3) is 5.57 Å². The first-order chi connectivity index (χ1) is 10.9. The molecule has 1 heterocycles. The Morgan fingerprint density at radius 3 is 2.57 bits per heavy atom. The van der Waals surface area contributed by atoms with Gasteiger partial charge < -0.3 is 15.7 Å². The van der Waals surface area contributed by atoms with E-state index in [1.165, 1.54) is 0 Å². The monoisotopic (exact) mass is 323 g/mol.